The molecule has 18 heavy (non-hydrogen) atoms. The van der Waals surface area contributed by atoms with Crippen LogP contribution in [0.2, 0.25) is 0 Å². The van der Waals surface area contributed by atoms with E-state index in [1.165, 1.54) is 22.3 Å². The van der Waals surface area contributed by atoms with Gasteiger partial charge in [0.2, 0.25) is 0 Å². The molecule has 0 N–H and O–H groups in total. The summed E-state index contributed by atoms with van der Waals surface area (Å²) in [6.45, 7) is 4.32. The van der Waals surface area contributed by atoms with E-state index in [-0.39, 0.29) is 0 Å². The van der Waals surface area contributed by atoms with Crippen LogP contribution in [-0.4, -0.2) is 0 Å². The Morgan fingerprint density at radius 2 is 1.56 bits per heavy atom. The molecule has 2 heteroatoms. The zero-order chi connectivity index (χ0) is 13.0. The van der Waals surface area contributed by atoms with Crippen LogP contribution in [0.15, 0.2) is 46.9 Å². The molecule has 0 unspecified atom stereocenters. The van der Waals surface area contributed by atoms with Crippen molar-refractivity contribution in [3.8, 4) is 0 Å². The third-order valence-electron chi connectivity index (χ3n) is 2.71. The molecule has 0 aliphatic carbocycles. The van der Waals surface area contributed by atoms with Crippen LogP contribution in [0.25, 0.3) is 0 Å². The van der Waals surface area contributed by atoms with E-state index in [1.54, 1.807) is 0 Å². The Morgan fingerprint density at radius 1 is 0.889 bits per heavy atom. The Labute approximate surface area is 122 Å². The van der Waals surface area contributed by atoms with E-state index in [4.69, 9.17) is 0 Å². The van der Waals surface area contributed by atoms with E-state index in [2.05, 4.69) is 72.2 Å². The normalized spacial score (nSPS) is 10.6. The van der Waals surface area contributed by atoms with Crippen molar-refractivity contribution < 1.29 is 0 Å². The molecule has 0 radical (unpaired) electrons. The number of thioether (sulfide) groups is 1. The summed E-state index contributed by atoms with van der Waals surface area (Å²) >= 11 is 5.47. The predicted molar refractivity (Wildman–Crippen MR) is 85.1 cm³/mol. The Bertz CT molecular complexity index is 514. The number of halogens is 1. The summed E-state index contributed by atoms with van der Waals surface area (Å²) in [5, 5.41) is 0. The first-order valence-electron chi connectivity index (χ1n) is 6.03. The van der Waals surface area contributed by atoms with Crippen molar-refractivity contribution in [2.24, 2.45) is 0 Å². The zero-order valence-electron chi connectivity index (χ0n) is 10.7. The lowest BCUT2D eigenvalue weighted by Gasteiger charge is -2.05. The van der Waals surface area contributed by atoms with Gasteiger partial charge in [0.25, 0.3) is 0 Å². The van der Waals surface area contributed by atoms with Gasteiger partial charge in [0, 0.05) is 16.0 Å². The van der Waals surface area contributed by atoms with Crippen LogP contribution in [0.1, 0.15) is 22.3 Å². The molecule has 0 saturated heterocycles. The van der Waals surface area contributed by atoms with Crippen molar-refractivity contribution >= 4 is 27.7 Å². The van der Waals surface area contributed by atoms with Crippen LogP contribution in [-0.2, 0) is 11.5 Å². The fourth-order valence-electron chi connectivity index (χ4n) is 2.07. The quantitative estimate of drug-likeness (QED) is 0.716. The first kappa shape index (κ1) is 13.7. The van der Waals surface area contributed by atoms with Crippen LogP contribution >= 0.6 is 27.7 Å². The Hall–Kier alpha value is -0.730. The van der Waals surface area contributed by atoms with Crippen LogP contribution < -0.4 is 0 Å². The molecule has 0 aliphatic heterocycles. The molecular weight excluding hydrogens is 304 g/mol. The van der Waals surface area contributed by atoms with Crippen LogP contribution in [0.5, 0.6) is 0 Å². The largest absolute Gasteiger partial charge is 0.152 e. The first-order chi connectivity index (χ1) is 8.63. The van der Waals surface area contributed by atoms with Crippen molar-refractivity contribution in [2.45, 2.75) is 25.4 Å². The van der Waals surface area contributed by atoms with Crippen molar-refractivity contribution in [1.29, 1.82) is 0 Å². The zero-order valence-corrected chi connectivity index (χ0v) is 13.1. The lowest BCUT2D eigenvalue weighted by molar-refractivity contribution is 1.29. The summed E-state index contributed by atoms with van der Waals surface area (Å²) in [6, 6.07) is 15.3. The lowest BCUT2D eigenvalue weighted by Crippen LogP contribution is -1.86. The highest BCUT2D eigenvalue weighted by Crippen LogP contribution is 2.21. The van der Waals surface area contributed by atoms with Crippen LogP contribution in [0, 0.1) is 13.8 Å². The van der Waals surface area contributed by atoms with Crippen LogP contribution in [0.4, 0.5) is 0 Å². The van der Waals surface area contributed by atoms with E-state index in [9.17, 15) is 0 Å². The topological polar surface area (TPSA) is 0 Å². The van der Waals surface area contributed by atoms with Gasteiger partial charge >= 0.3 is 0 Å². The monoisotopic (exact) mass is 320 g/mol. The van der Waals surface area contributed by atoms with E-state index in [0.717, 1.165) is 16.0 Å². The van der Waals surface area contributed by atoms with Crippen molar-refractivity contribution in [3.63, 3.8) is 0 Å². The van der Waals surface area contributed by atoms with Crippen molar-refractivity contribution in [3.05, 3.63) is 69.2 Å². The molecule has 0 aliphatic rings. The SMILES string of the molecule is Cc1cc(C)cc(CSCc2cccc(Br)c2)c1. The molecule has 0 saturated carbocycles. The maximum Gasteiger partial charge on any atom is 0.0188 e. The minimum Gasteiger partial charge on any atom is -0.152 e. The molecule has 2 aromatic rings. The van der Waals surface area contributed by atoms with Gasteiger partial charge in [-0.25, -0.2) is 0 Å². The summed E-state index contributed by atoms with van der Waals surface area (Å²) in [5.41, 5.74) is 5.51. The summed E-state index contributed by atoms with van der Waals surface area (Å²) in [7, 11) is 0. The fraction of sp³-hybridized carbons (Fsp3) is 0.250. The average molecular weight is 321 g/mol. The smallest absolute Gasteiger partial charge is 0.0188 e. The molecule has 0 bridgehead atoms. The maximum absolute atomic E-state index is 3.51. The second kappa shape index (κ2) is 6.44. The highest BCUT2D eigenvalue weighted by molar-refractivity contribution is 9.10. The fourth-order valence-corrected chi connectivity index (χ4v) is 3.43. The van der Waals surface area contributed by atoms with Gasteiger partial charge in [0.15, 0.2) is 0 Å². The lowest BCUT2D eigenvalue weighted by atomic mass is 10.1. The minimum atomic E-state index is 1.06. The predicted octanol–water partition coefficient (Wildman–Crippen LogP) is 5.50. The summed E-state index contributed by atoms with van der Waals surface area (Å²) in [6.07, 6.45) is 0. The van der Waals surface area contributed by atoms with E-state index >= 15 is 0 Å². The molecule has 0 atom stereocenters. The second-order valence-corrected chi connectivity index (χ2v) is 6.52. The molecule has 0 fully saturated rings. The van der Waals surface area contributed by atoms with Gasteiger partial charge in [-0.2, -0.15) is 11.8 Å². The van der Waals surface area contributed by atoms with Crippen molar-refractivity contribution in [2.75, 3.05) is 0 Å². The van der Waals surface area contributed by atoms with Gasteiger partial charge in [-0.05, 0) is 37.1 Å². The molecule has 0 spiro atoms. The number of hydrogen-bond acceptors (Lipinski definition) is 1. The minimum absolute atomic E-state index is 1.06. The molecule has 0 heterocycles. The summed E-state index contributed by atoms with van der Waals surface area (Å²) < 4.78 is 1.16. The molecule has 2 aromatic carbocycles. The van der Waals surface area contributed by atoms with Gasteiger partial charge in [-0.3, -0.25) is 0 Å². The first-order valence-corrected chi connectivity index (χ1v) is 7.97. The Kier molecular flexibility index (Phi) is 4.90. The van der Waals surface area contributed by atoms with Gasteiger partial charge in [0.05, 0.1) is 0 Å². The Morgan fingerprint density at radius 3 is 2.22 bits per heavy atom. The van der Waals surface area contributed by atoms with E-state index in [1.807, 2.05) is 11.8 Å². The van der Waals surface area contributed by atoms with Gasteiger partial charge < -0.3 is 0 Å². The van der Waals surface area contributed by atoms with E-state index < -0.39 is 0 Å². The molecule has 0 nitrogen and oxygen atoms in total. The third-order valence-corrected chi connectivity index (χ3v) is 4.28. The number of aryl methyl sites for hydroxylation is 2. The number of benzene rings is 2. The van der Waals surface area contributed by atoms with Crippen LogP contribution in [0.3, 0.4) is 0 Å². The highest BCUT2D eigenvalue weighted by atomic mass is 79.9. The average Bonchev–Trinajstić information content (AvgIpc) is 2.27. The second-order valence-electron chi connectivity index (χ2n) is 4.62. The van der Waals surface area contributed by atoms with E-state index in [0.29, 0.717) is 0 Å². The molecular formula is C16H17BrS. The molecule has 94 valence electrons. The molecule has 2 rings (SSSR count). The van der Waals surface area contributed by atoms with Gasteiger partial charge in [-0.1, -0.05) is 57.4 Å². The highest BCUT2D eigenvalue weighted by Gasteiger charge is 1.98. The number of rotatable bonds is 4. The third kappa shape index (κ3) is 4.18. The summed E-state index contributed by atoms with van der Waals surface area (Å²) in [5.74, 6) is 2.14. The Balaban J connectivity index is 1.92. The maximum atomic E-state index is 3.51. The summed E-state index contributed by atoms with van der Waals surface area (Å²) in [4.78, 5) is 0. The standard InChI is InChI=1S/C16H17BrS/c1-12-6-13(2)8-15(7-12)11-18-10-14-4-3-5-16(17)9-14/h3-9H,10-11H2,1-2H3. The number of hydrogen-bond donors (Lipinski definition) is 0. The van der Waals surface area contributed by atoms with Gasteiger partial charge in [-0.15, -0.1) is 0 Å². The van der Waals surface area contributed by atoms with Gasteiger partial charge in [0.1, 0.15) is 0 Å². The molecule has 0 amide bonds. The molecule has 0 aromatic heterocycles. The van der Waals surface area contributed by atoms with Crippen molar-refractivity contribution in [1.82, 2.24) is 0 Å².